The zero-order valence-electron chi connectivity index (χ0n) is 11.9. The maximum Gasteiger partial charge on any atom is 0.246 e. The van der Waals surface area contributed by atoms with Gasteiger partial charge in [-0.2, -0.15) is 0 Å². The molecule has 0 spiro atoms. The molecule has 1 atom stereocenters. The van der Waals surface area contributed by atoms with Crippen LogP contribution in [0.5, 0.6) is 0 Å². The number of aryl methyl sites for hydroxylation is 1. The van der Waals surface area contributed by atoms with Gasteiger partial charge in [-0.1, -0.05) is 37.3 Å². The van der Waals surface area contributed by atoms with Crippen molar-refractivity contribution in [2.45, 2.75) is 26.3 Å². The van der Waals surface area contributed by atoms with Crippen LogP contribution in [0.3, 0.4) is 0 Å². The van der Waals surface area contributed by atoms with Gasteiger partial charge in [0.2, 0.25) is 5.91 Å². The van der Waals surface area contributed by atoms with Gasteiger partial charge in [-0.05, 0) is 43.2 Å². The van der Waals surface area contributed by atoms with Crippen molar-refractivity contribution in [1.82, 2.24) is 0 Å². The Morgan fingerprint density at radius 1 is 1.00 bits per heavy atom. The minimum atomic E-state index is -0.289. The van der Waals surface area contributed by atoms with E-state index in [0.717, 1.165) is 17.8 Å². The van der Waals surface area contributed by atoms with Crippen molar-refractivity contribution in [3.63, 3.8) is 0 Å². The summed E-state index contributed by atoms with van der Waals surface area (Å²) in [5.74, 6) is -0.0434. The van der Waals surface area contributed by atoms with E-state index >= 15 is 0 Å². The largest absolute Gasteiger partial charge is 0.374 e. The van der Waals surface area contributed by atoms with Crippen molar-refractivity contribution < 1.29 is 4.79 Å². The van der Waals surface area contributed by atoms with Crippen LogP contribution in [0.2, 0.25) is 0 Å². The molecule has 2 rings (SSSR count). The molecular formula is C17H20N2O. The number of nitrogens with one attached hydrogen (secondary N) is 2. The van der Waals surface area contributed by atoms with Crippen LogP contribution < -0.4 is 10.6 Å². The molecular weight excluding hydrogens is 248 g/mol. The lowest BCUT2D eigenvalue weighted by atomic mass is 10.1. The number of carbonyl (C=O) groups excluding carboxylic acids is 1. The summed E-state index contributed by atoms with van der Waals surface area (Å²) < 4.78 is 0. The van der Waals surface area contributed by atoms with Crippen molar-refractivity contribution in [2.75, 3.05) is 10.6 Å². The number of hydrogen-bond donors (Lipinski definition) is 2. The molecule has 0 heterocycles. The first-order valence-corrected chi connectivity index (χ1v) is 6.90. The lowest BCUT2D eigenvalue weighted by molar-refractivity contribution is -0.116. The van der Waals surface area contributed by atoms with Crippen LogP contribution >= 0.6 is 0 Å². The highest BCUT2D eigenvalue weighted by molar-refractivity contribution is 5.96. The smallest absolute Gasteiger partial charge is 0.246 e. The van der Waals surface area contributed by atoms with Gasteiger partial charge in [0.15, 0.2) is 0 Å². The van der Waals surface area contributed by atoms with E-state index in [1.807, 2.05) is 61.5 Å². The van der Waals surface area contributed by atoms with Crippen molar-refractivity contribution in [1.29, 1.82) is 0 Å². The molecule has 0 saturated heterocycles. The van der Waals surface area contributed by atoms with Gasteiger partial charge in [-0.25, -0.2) is 0 Å². The fourth-order valence-electron chi connectivity index (χ4n) is 1.92. The monoisotopic (exact) mass is 268 g/mol. The molecule has 2 N–H and O–H groups in total. The molecule has 3 heteroatoms. The quantitative estimate of drug-likeness (QED) is 0.868. The first-order chi connectivity index (χ1) is 9.69. The Balaban J connectivity index is 1.93. The van der Waals surface area contributed by atoms with E-state index in [9.17, 15) is 4.79 Å². The molecule has 0 aliphatic carbocycles. The molecule has 1 amide bonds. The van der Waals surface area contributed by atoms with E-state index < -0.39 is 0 Å². The molecule has 0 unspecified atom stereocenters. The molecule has 0 aromatic heterocycles. The predicted molar refractivity (Wildman–Crippen MR) is 84.0 cm³/mol. The normalized spacial score (nSPS) is 11.7. The van der Waals surface area contributed by atoms with Crippen molar-refractivity contribution in [3.05, 3.63) is 60.2 Å². The first-order valence-electron chi connectivity index (χ1n) is 6.90. The maximum atomic E-state index is 12.1. The zero-order valence-corrected chi connectivity index (χ0v) is 11.9. The Bertz CT molecular complexity index is 549. The van der Waals surface area contributed by atoms with Crippen LogP contribution in [-0.4, -0.2) is 11.9 Å². The summed E-state index contributed by atoms with van der Waals surface area (Å²) in [4.78, 5) is 12.1. The van der Waals surface area contributed by atoms with Gasteiger partial charge in [0.1, 0.15) is 6.04 Å². The van der Waals surface area contributed by atoms with Gasteiger partial charge < -0.3 is 10.6 Å². The predicted octanol–water partition coefficient (Wildman–Crippen LogP) is 3.69. The number of hydrogen-bond acceptors (Lipinski definition) is 2. The average molecular weight is 268 g/mol. The third-order valence-corrected chi connectivity index (χ3v) is 3.18. The van der Waals surface area contributed by atoms with E-state index in [0.29, 0.717) is 0 Å². The number of amides is 1. The van der Waals surface area contributed by atoms with Crippen LogP contribution in [0.25, 0.3) is 0 Å². The van der Waals surface area contributed by atoms with Gasteiger partial charge in [-0.3, -0.25) is 4.79 Å². The van der Waals surface area contributed by atoms with E-state index in [-0.39, 0.29) is 11.9 Å². The summed E-state index contributed by atoms with van der Waals surface area (Å²) in [5, 5.41) is 6.08. The summed E-state index contributed by atoms with van der Waals surface area (Å²) in [6.07, 6.45) is 1.00. The Morgan fingerprint density at radius 2 is 1.65 bits per heavy atom. The van der Waals surface area contributed by atoms with Crippen molar-refractivity contribution in [2.24, 2.45) is 0 Å². The number of carbonyl (C=O) groups is 1. The van der Waals surface area contributed by atoms with Gasteiger partial charge in [0.25, 0.3) is 0 Å². The lowest BCUT2D eigenvalue weighted by Gasteiger charge is -2.15. The summed E-state index contributed by atoms with van der Waals surface area (Å²) in [5.41, 5.74) is 3.03. The topological polar surface area (TPSA) is 41.1 Å². The van der Waals surface area contributed by atoms with Gasteiger partial charge >= 0.3 is 0 Å². The number of rotatable bonds is 5. The van der Waals surface area contributed by atoms with Crippen LogP contribution in [0.1, 0.15) is 19.4 Å². The molecule has 0 aliphatic heterocycles. The van der Waals surface area contributed by atoms with Crippen LogP contribution in [-0.2, 0) is 11.2 Å². The van der Waals surface area contributed by atoms with Gasteiger partial charge in [0, 0.05) is 11.4 Å². The van der Waals surface area contributed by atoms with Crippen LogP contribution in [0.15, 0.2) is 54.6 Å². The minimum absolute atomic E-state index is 0.0434. The highest BCUT2D eigenvalue weighted by Crippen LogP contribution is 2.12. The molecule has 0 fully saturated rings. The maximum absolute atomic E-state index is 12.1. The van der Waals surface area contributed by atoms with Crippen LogP contribution in [0.4, 0.5) is 11.4 Å². The van der Waals surface area contributed by atoms with E-state index in [2.05, 4.69) is 17.6 Å². The van der Waals surface area contributed by atoms with Crippen LogP contribution in [0, 0.1) is 0 Å². The summed E-state index contributed by atoms with van der Waals surface area (Å²) in [6, 6.07) is 17.4. The van der Waals surface area contributed by atoms with E-state index in [1.165, 1.54) is 5.56 Å². The number of para-hydroxylation sites is 1. The zero-order chi connectivity index (χ0) is 14.4. The highest BCUT2D eigenvalue weighted by Gasteiger charge is 2.12. The highest BCUT2D eigenvalue weighted by atomic mass is 16.2. The van der Waals surface area contributed by atoms with Crippen molar-refractivity contribution in [3.8, 4) is 0 Å². The lowest BCUT2D eigenvalue weighted by Crippen LogP contribution is -2.31. The molecule has 20 heavy (non-hydrogen) atoms. The fourth-order valence-corrected chi connectivity index (χ4v) is 1.92. The second kappa shape index (κ2) is 6.75. The van der Waals surface area contributed by atoms with Gasteiger partial charge in [-0.15, -0.1) is 0 Å². The first kappa shape index (κ1) is 14.1. The number of anilines is 2. The van der Waals surface area contributed by atoms with Crippen molar-refractivity contribution >= 4 is 17.3 Å². The third-order valence-electron chi connectivity index (χ3n) is 3.18. The Labute approximate surface area is 120 Å². The number of benzene rings is 2. The summed E-state index contributed by atoms with van der Waals surface area (Å²) in [6.45, 7) is 3.96. The molecule has 0 aliphatic rings. The standard InChI is InChI=1S/C17H20N2O/c1-3-14-9-11-16(12-10-14)19-17(20)13(2)18-15-7-5-4-6-8-15/h4-13,18H,3H2,1-2H3,(H,19,20)/t13-/m0/s1. The summed E-state index contributed by atoms with van der Waals surface area (Å²) >= 11 is 0. The SMILES string of the molecule is CCc1ccc(NC(=O)[C@H](C)Nc2ccccc2)cc1. The summed E-state index contributed by atoms with van der Waals surface area (Å²) in [7, 11) is 0. The molecule has 2 aromatic carbocycles. The Hall–Kier alpha value is -2.29. The average Bonchev–Trinajstić information content (AvgIpc) is 2.49. The third kappa shape index (κ3) is 3.85. The Kier molecular flexibility index (Phi) is 4.77. The molecule has 0 bridgehead atoms. The molecule has 3 nitrogen and oxygen atoms in total. The van der Waals surface area contributed by atoms with E-state index in [4.69, 9.17) is 0 Å². The van der Waals surface area contributed by atoms with Gasteiger partial charge in [0.05, 0.1) is 0 Å². The molecule has 104 valence electrons. The minimum Gasteiger partial charge on any atom is -0.374 e. The fraction of sp³-hybridized carbons (Fsp3) is 0.235. The van der Waals surface area contributed by atoms with E-state index in [1.54, 1.807) is 0 Å². The molecule has 0 radical (unpaired) electrons. The molecule has 2 aromatic rings. The second-order valence-electron chi connectivity index (χ2n) is 4.77. The second-order valence-corrected chi connectivity index (χ2v) is 4.77. The molecule has 0 saturated carbocycles. The Morgan fingerprint density at radius 3 is 2.25 bits per heavy atom.